The number of piperidine rings is 1. The van der Waals surface area contributed by atoms with E-state index in [-0.39, 0.29) is 28.6 Å². The van der Waals surface area contributed by atoms with Gasteiger partial charge in [0.15, 0.2) is 5.69 Å². The lowest BCUT2D eigenvalue weighted by Crippen LogP contribution is -2.40. The molecule has 1 saturated heterocycles. The standard InChI is InChI=1S/C23H23N7O3/c1-29(2)23-24-11-16-18(26-23)10-17(25-20(16)31)13-6-5-9-30(12-13)22(33)19-14-7-3-4-8-15(14)21(32)28-27-19/h3-4,7-8,10-11,13H,5-6,9,12H2,1-2H3,(H,25,31)(H,28,32). The molecule has 1 aliphatic heterocycles. The predicted molar refractivity (Wildman–Crippen MR) is 125 cm³/mol. The molecule has 1 unspecified atom stereocenters. The molecule has 0 aliphatic carbocycles. The minimum Gasteiger partial charge on any atom is -0.347 e. The number of carbonyl (C=O) groups is 1. The first-order valence-corrected chi connectivity index (χ1v) is 10.8. The Morgan fingerprint density at radius 2 is 1.91 bits per heavy atom. The number of hydrogen-bond acceptors (Lipinski definition) is 7. The highest BCUT2D eigenvalue weighted by Crippen LogP contribution is 2.28. The summed E-state index contributed by atoms with van der Waals surface area (Å²) < 4.78 is 0. The number of likely N-dealkylation sites (tertiary alicyclic amines) is 1. The Hall–Kier alpha value is -4.08. The number of benzene rings is 1. The summed E-state index contributed by atoms with van der Waals surface area (Å²) in [6.07, 6.45) is 3.14. The molecule has 1 fully saturated rings. The van der Waals surface area contributed by atoms with Gasteiger partial charge in [-0.15, -0.1) is 0 Å². The van der Waals surface area contributed by atoms with Gasteiger partial charge in [-0.25, -0.2) is 15.1 Å². The number of pyridine rings is 1. The van der Waals surface area contributed by atoms with E-state index in [0.717, 1.165) is 18.5 Å². The zero-order valence-electron chi connectivity index (χ0n) is 18.3. The Labute approximate surface area is 188 Å². The maximum atomic E-state index is 13.3. The van der Waals surface area contributed by atoms with E-state index in [4.69, 9.17) is 0 Å². The molecule has 1 aromatic carbocycles. The van der Waals surface area contributed by atoms with Crippen LogP contribution in [0, 0.1) is 0 Å². The first-order chi connectivity index (χ1) is 15.9. The van der Waals surface area contributed by atoms with Gasteiger partial charge in [-0.05, 0) is 25.0 Å². The molecule has 5 rings (SSSR count). The van der Waals surface area contributed by atoms with Crippen molar-refractivity contribution in [2.24, 2.45) is 0 Å². The number of hydrogen-bond donors (Lipinski definition) is 2. The predicted octanol–water partition coefficient (Wildman–Crippen LogP) is 1.64. The number of carbonyl (C=O) groups excluding carboxylic acids is 1. The van der Waals surface area contributed by atoms with Crippen LogP contribution >= 0.6 is 0 Å². The molecule has 2 N–H and O–H groups in total. The van der Waals surface area contributed by atoms with Gasteiger partial charge in [0.05, 0.1) is 16.3 Å². The number of rotatable bonds is 3. The molecule has 1 aliphatic rings. The van der Waals surface area contributed by atoms with Crippen molar-refractivity contribution >= 4 is 33.5 Å². The maximum Gasteiger partial charge on any atom is 0.274 e. The topological polar surface area (TPSA) is 128 Å². The first-order valence-electron chi connectivity index (χ1n) is 10.8. The SMILES string of the molecule is CN(C)c1ncc2c(=O)[nH]c(C3CCCN(C(=O)c4n[nH]c(=O)c5ccccc45)C3)cc2n1. The highest BCUT2D eigenvalue weighted by molar-refractivity contribution is 6.04. The summed E-state index contributed by atoms with van der Waals surface area (Å²) in [6.45, 7) is 1.01. The fourth-order valence-electron chi connectivity index (χ4n) is 4.33. The monoisotopic (exact) mass is 445 g/mol. The van der Waals surface area contributed by atoms with Crippen LogP contribution in [0.4, 0.5) is 5.95 Å². The lowest BCUT2D eigenvalue weighted by Gasteiger charge is -2.32. The number of nitrogens with zero attached hydrogens (tertiary/aromatic N) is 5. The van der Waals surface area contributed by atoms with Crippen LogP contribution < -0.4 is 16.0 Å². The van der Waals surface area contributed by atoms with E-state index >= 15 is 0 Å². The van der Waals surface area contributed by atoms with Crippen LogP contribution in [-0.4, -0.2) is 63.1 Å². The molecule has 10 heteroatoms. The second kappa shape index (κ2) is 8.12. The highest BCUT2D eigenvalue weighted by atomic mass is 16.2. The van der Waals surface area contributed by atoms with Gasteiger partial charge >= 0.3 is 0 Å². The second-order valence-corrected chi connectivity index (χ2v) is 8.45. The molecule has 33 heavy (non-hydrogen) atoms. The van der Waals surface area contributed by atoms with Crippen LogP contribution in [0.15, 0.2) is 46.1 Å². The molecule has 0 saturated carbocycles. The first kappa shape index (κ1) is 20.8. The van der Waals surface area contributed by atoms with Crippen molar-refractivity contribution in [3.05, 3.63) is 68.6 Å². The minimum atomic E-state index is -0.327. The molecular weight excluding hydrogens is 422 g/mol. The fourth-order valence-corrected chi connectivity index (χ4v) is 4.33. The van der Waals surface area contributed by atoms with Crippen LogP contribution in [0.25, 0.3) is 21.7 Å². The number of aromatic nitrogens is 5. The van der Waals surface area contributed by atoms with E-state index in [2.05, 4.69) is 25.1 Å². The van der Waals surface area contributed by atoms with Crippen molar-refractivity contribution in [1.82, 2.24) is 30.0 Å². The van der Waals surface area contributed by atoms with Gasteiger partial charge in [0.2, 0.25) is 5.95 Å². The van der Waals surface area contributed by atoms with E-state index < -0.39 is 0 Å². The second-order valence-electron chi connectivity index (χ2n) is 8.45. The van der Waals surface area contributed by atoms with Gasteiger partial charge in [0.25, 0.3) is 17.0 Å². The summed E-state index contributed by atoms with van der Waals surface area (Å²) in [5.41, 5.74) is 0.967. The third-order valence-electron chi connectivity index (χ3n) is 6.05. The largest absolute Gasteiger partial charge is 0.347 e. The number of aromatic amines is 2. The summed E-state index contributed by atoms with van der Waals surface area (Å²) in [6, 6.07) is 8.81. The van der Waals surface area contributed by atoms with E-state index in [1.165, 1.54) is 6.20 Å². The summed E-state index contributed by atoms with van der Waals surface area (Å²) in [5, 5.41) is 7.87. The van der Waals surface area contributed by atoms with Crippen LogP contribution in [0.1, 0.15) is 34.9 Å². The molecule has 0 spiro atoms. The van der Waals surface area contributed by atoms with Crippen molar-refractivity contribution in [1.29, 1.82) is 0 Å². The lowest BCUT2D eigenvalue weighted by atomic mass is 9.93. The Morgan fingerprint density at radius 3 is 2.70 bits per heavy atom. The van der Waals surface area contributed by atoms with Crippen molar-refractivity contribution in [2.45, 2.75) is 18.8 Å². The van der Waals surface area contributed by atoms with E-state index in [0.29, 0.717) is 40.7 Å². The third-order valence-corrected chi connectivity index (χ3v) is 6.05. The Balaban J connectivity index is 1.48. The smallest absolute Gasteiger partial charge is 0.274 e. The summed E-state index contributed by atoms with van der Waals surface area (Å²) >= 11 is 0. The molecular formula is C23H23N7O3. The number of nitrogens with one attached hydrogen (secondary N) is 2. The van der Waals surface area contributed by atoms with Gasteiger partial charge < -0.3 is 14.8 Å². The zero-order valence-corrected chi connectivity index (χ0v) is 18.3. The molecule has 0 radical (unpaired) electrons. The van der Waals surface area contributed by atoms with Crippen LogP contribution in [0.2, 0.25) is 0 Å². The number of anilines is 1. The molecule has 0 bridgehead atoms. The van der Waals surface area contributed by atoms with Gasteiger partial charge in [-0.3, -0.25) is 14.4 Å². The third kappa shape index (κ3) is 3.73. The van der Waals surface area contributed by atoms with Gasteiger partial charge in [-0.2, -0.15) is 5.10 Å². The molecule has 168 valence electrons. The summed E-state index contributed by atoms with van der Waals surface area (Å²) in [4.78, 5) is 53.3. The van der Waals surface area contributed by atoms with E-state index in [9.17, 15) is 14.4 Å². The molecule has 10 nitrogen and oxygen atoms in total. The van der Waals surface area contributed by atoms with Crippen molar-refractivity contribution in [3.8, 4) is 0 Å². The summed E-state index contributed by atoms with van der Waals surface area (Å²) in [5.74, 6) is 0.231. The highest BCUT2D eigenvalue weighted by Gasteiger charge is 2.28. The van der Waals surface area contributed by atoms with Crippen molar-refractivity contribution < 1.29 is 4.79 Å². The minimum absolute atomic E-state index is 0.0494. The van der Waals surface area contributed by atoms with Gasteiger partial charge in [0.1, 0.15) is 0 Å². The molecule has 1 amide bonds. The Kier molecular flexibility index (Phi) is 5.12. The average molecular weight is 445 g/mol. The van der Waals surface area contributed by atoms with E-state index in [1.54, 1.807) is 34.1 Å². The van der Waals surface area contributed by atoms with Crippen LogP contribution in [-0.2, 0) is 0 Å². The van der Waals surface area contributed by atoms with Gasteiger partial charge in [0, 0.05) is 50.4 Å². The van der Waals surface area contributed by atoms with Crippen LogP contribution in [0.3, 0.4) is 0 Å². The number of fused-ring (bicyclic) bond motifs is 2. The number of H-pyrrole nitrogens is 2. The molecule has 1 atom stereocenters. The summed E-state index contributed by atoms with van der Waals surface area (Å²) in [7, 11) is 3.68. The van der Waals surface area contributed by atoms with Crippen LogP contribution in [0.5, 0.6) is 0 Å². The van der Waals surface area contributed by atoms with Crippen molar-refractivity contribution in [2.75, 3.05) is 32.1 Å². The number of amides is 1. The normalized spacial score (nSPS) is 16.3. The van der Waals surface area contributed by atoms with E-state index in [1.807, 2.05) is 20.2 Å². The van der Waals surface area contributed by atoms with Crippen molar-refractivity contribution in [3.63, 3.8) is 0 Å². The Morgan fingerprint density at radius 1 is 1.12 bits per heavy atom. The molecule has 3 aromatic heterocycles. The maximum absolute atomic E-state index is 13.3. The zero-order chi connectivity index (χ0) is 23.1. The molecule has 4 heterocycles. The quantitative estimate of drug-likeness (QED) is 0.491. The average Bonchev–Trinajstić information content (AvgIpc) is 2.83. The molecule has 4 aromatic rings. The Bertz CT molecular complexity index is 1490. The van der Waals surface area contributed by atoms with Gasteiger partial charge in [-0.1, -0.05) is 18.2 Å². The lowest BCUT2D eigenvalue weighted by molar-refractivity contribution is 0.0701. The fraction of sp³-hybridized carbons (Fsp3) is 0.304.